The van der Waals surface area contributed by atoms with E-state index in [4.69, 9.17) is 0 Å². The van der Waals surface area contributed by atoms with Crippen molar-refractivity contribution in [1.29, 1.82) is 0 Å². The van der Waals surface area contributed by atoms with Gasteiger partial charge in [0.15, 0.2) is 0 Å². The maximum atomic E-state index is 14.3. The van der Waals surface area contributed by atoms with Crippen molar-refractivity contribution in [1.82, 2.24) is 20.1 Å². The van der Waals surface area contributed by atoms with Crippen molar-refractivity contribution < 1.29 is 31.9 Å². The molecule has 0 bridgehead atoms. The van der Waals surface area contributed by atoms with E-state index >= 15 is 0 Å². The van der Waals surface area contributed by atoms with Crippen molar-refractivity contribution in [3.05, 3.63) is 65.2 Å². The zero-order valence-electron chi connectivity index (χ0n) is 21.4. The molecule has 4 rings (SSSR count). The van der Waals surface area contributed by atoms with Crippen molar-refractivity contribution in [2.24, 2.45) is 11.3 Å². The van der Waals surface area contributed by atoms with Gasteiger partial charge in [0, 0.05) is 44.5 Å². The fourth-order valence-electron chi connectivity index (χ4n) is 5.59. The third kappa shape index (κ3) is 5.23. The molecule has 1 unspecified atom stereocenters. The summed E-state index contributed by atoms with van der Waals surface area (Å²) < 4.78 is 53.5. The third-order valence-electron chi connectivity index (χ3n) is 7.63. The molecule has 11 heteroatoms. The van der Waals surface area contributed by atoms with Crippen LogP contribution < -0.4 is 5.32 Å². The van der Waals surface area contributed by atoms with E-state index < -0.39 is 46.9 Å². The normalized spacial score (nSPS) is 20.2. The summed E-state index contributed by atoms with van der Waals surface area (Å²) in [5.41, 5.74) is -1.47. The summed E-state index contributed by atoms with van der Waals surface area (Å²) in [5.74, 6) is -3.36. The van der Waals surface area contributed by atoms with E-state index in [1.54, 1.807) is 49.2 Å². The van der Waals surface area contributed by atoms with Crippen LogP contribution >= 0.6 is 0 Å². The van der Waals surface area contributed by atoms with Gasteiger partial charge in [-0.2, -0.15) is 13.2 Å². The largest absolute Gasteiger partial charge is 0.416 e. The topological polar surface area (TPSA) is 82.6 Å². The number of halogens is 4. The Bertz CT molecular complexity index is 1210. The average molecular weight is 535 g/mol. The average Bonchev–Trinajstić information content (AvgIpc) is 3.11. The molecule has 0 saturated carbocycles. The van der Waals surface area contributed by atoms with Gasteiger partial charge in [-0.3, -0.25) is 19.4 Å². The summed E-state index contributed by atoms with van der Waals surface area (Å²) in [6.45, 7) is 4.62. The summed E-state index contributed by atoms with van der Waals surface area (Å²) in [5, 5.41) is 2.45. The lowest BCUT2D eigenvalue weighted by atomic mass is 9.68. The number of nitrogens with zero attached hydrogens (tertiary/aromatic N) is 3. The first-order valence-electron chi connectivity index (χ1n) is 12.5. The number of hydrogen-bond acceptors (Lipinski definition) is 4. The van der Waals surface area contributed by atoms with E-state index in [2.05, 4.69) is 10.3 Å². The number of amides is 3. The van der Waals surface area contributed by atoms with Crippen LogP contribution in [0.5, 0.6) is 0 Å². The standard InChI is InChI=1S/C27H30F4N4O3/c1-16(2)22(33-23(36)19-13-18(27(29,30)31)6-7-20(19)28)25(38)35-11-8-26(9-12-35)15-34(3)24(37)21(26)17-5-4-10-32-14-17/h4-7,10,13-14,16,21-22H,8-9,11-12,15H2,1-3H3,(H,33,36)/t21?,22-/m1/s1. The van der Waals surface area contributed by atoms with E-state index in [-0.39, 0.29) is 17.2 Å². The first-order chi connectivity index (χ1) is 17.8. The van der Waals surface area contributed by atoms with E-state index in [9.17, 15) is 31.9 Å². The smallest absolute Gasteiger partial charge is 0.345 e. The Morgan fingerprint density at radius 2 is 1.84 bits per heavy atom. The van der Waals surface area contributed by atoms with Crippen LogP contribution in [-0.4, -0.2) is 65.2 Å². The number of likely N-dealkylation sites (tertiary alicyclic amines) is 2. The van der Waals surface area contributed by atoms with Crippen molar-refractivity contribution in [2.45, 2.75) is 44.8 Å². The van der Waals surface area contributed by atoms with E-state index in [0.29, 0.717) is 50.7 Å². The summed E-state index contributed by atoms with van der Waals surface area (Å²) in [6.07, 6.45) is -0.307. The molecule has 204 valence electrons. The Morgan fingerprint density at radius 1 is 1.16 bits per heavy atom. The van der Waals surface area contributed by atoms with E-state index in [1.165, 1.54) is 0 Å². The Hall–Kier alpha value is -3.50. The fourth-order valence-corrected chi connectivity index (χ4v) is 5.59. The van der Waals surface area contributed by atoms with Crippen LogP contribution in [0.2, 0.25) is 0 Å². The molecule has 7 nitrogen and oxygen atoms in total. The molecule has 0 radical (unpaired) electrons. The lowest BCUT2D eigenvalue weighted by Gasteiger charge is -2.43. The summed E-state index contributed by atoms with van der Waals surface area (Å²) in [4.78, 5) is 46.7. The molecular formula is C27H30F4N4O3. The van der Waals surface area contributed by atoms with E-state index in [1.807, 2.05) is 6.07 Å². The number of alkyl halides is 3. The molecule has 1 aromatic carbocycles. The maximum Gasteiger partial charge on any atom is 0.416 e. The van der Waals surface area contributed by atoms with Crippen molar-refractivity contribution >= 4 is 17.7 Å². The van der Waals surface area contributed by atoms with Gasteiger partial charge in [-0.25, -0.2) is 4.39 Å². The first kappa shape index (κ1) is 27.5. The number of benzene rings is 1. The van der Waals surface area contributed by atoms with Crippen molar-refractivity contribution in [3.8, 4) is 0 Å². The van der Waals surface area contributed by atoms with Gasteiger partial charge in [-0.05, 0) is 48.6 Å². The number of rotatable bonds is 5. The predicted molar refractivity (Wildman–Crippen MR) is 130 cm³/mol. The van der Waals surface area contributed by atoms with Gasteiger partial charge < -0.3 is 15.1 Å². The van der Waals surface area contributed by atoms with Gasteiger partial charge in [0.05, 0.1) is 17.0 Å². The molecule has 2 atom stereocenters. The van der Waals surface area contributed by atoms with Crippen LogP contribution in [0.15, 0.2) is 42.7 Å². The van der Waals surface area contributed by atoms with Crippen molar-refractivity contribution in [3.63, 3.8) is 0 Å². The van der Waals surface area contributed by atoms with Gasteiger partial charge in [0.2, 0.25) is 11.8 Å². The van der Waals surface area contributed by atoms with Gasteiger partial charge in [0.1, 0.15) is 11.9 Å². The highest BCUT2D eigenvalue weighted by molar-refractivity contribution is 5.98. The highest BCUT2D eigenvalue weighted by Gasteiger charge is 2.53. The SMILES string of the molecule is CC(C)[C@@H](NC(=O)c1cc(C(F)(F)F)ccc1F)C(=O)N1CCC2(CC1)CN(C)C(=O)C2c1cccnc1. The molecule has 38 heavy (non-hydrogen) atoms. The predicted octanol–water partition coefficient (Wildman–Crippen LogP) is 3.86. The second kappa shape index (κ2) is 10.3. The highest BCUT2D eigenvalue weighted by atomic mass is 19.4. The zero-order valence-corrected chi connectivity index (χ0v) is 21.4. The molecule has 2 aliphatic heterocycles. The minimum Gasteiger partial charge on any atom is -0.345 e. The number of pyridine rings is 1. The molecule has 1 spiro atoms. The van der Waals surface area contributed by atoms with Crippen LogP contribution in [-0.2, 0) is 15.8 Å². The molecule has 2 aliphatic rings. The second-order valence-corrected chi connectivity index (χ2v) is 10.5. The zero-order chi connectivity index (χ0) is 27.8. The molecule has 2 fully saturated rings. The van der Waals surface area contributed by atoms with Crippen molar-refractivity contribution in [2.75, 3.05) is 26.7 Å². The van der Waals surface area contributed by atoms with Crippen LogP contribution in [0, 0.1) is 17.2 Å². The number of aromatic nitrogens is 1. The number of hydrogen-bond donors (Lipinski definition) is 1. The Morgan fingerprint density at radius 3 is 2.42 bits per heavy atom. The number of piperidine rings is 1. The second-order valence-electron chi connectivity index (χ2n) is 10.5. The number of carbonyl (C=O) groups excluding carboxylic acids is 3. The van der Waals surface area contributed by atoms with Gasteiger partial charge >= 0.3 is 6.18 Å². The van der Waals surface area contributed by atoms with Gasteiger partial charge in [-0.1, -0.05) is 19.9 Å². The lowest BCUT2D eigenvalue weighted by Crippen LogP contribution is -2.54. The monoisotopic (exact) mass is 534 g/mol. The molecule has 1 aromatic heterocycles. The quantitative estimate of drug-likeness (QED) is 0.591. The molecule has 2 saturated heterocycles. The third-order valence-corrected chi connectivity index (χ3v) is 7.63. The summed E-state index contributed by atoms with van der Waals surface area (Å²) in [7, 11) is 1.76. The number of carbonyl (C=O) groups is 3. The molecule has 2 aromatic rings. The van der Waals surface area contributed by atoms with Crippen LogP contribution in [0.4, 0.5) is 17.6 Å². The molecule has 1 N–H and O–H groups in total. The highest BCUT2D eigenvalue weighted by Crippen LogP contribution is 2.50. The van der Waals surface area contributed by atoms with Crippen LogP contribution in [0.1, 0.15) is 54.1 Å². The minimum atomic E-state index is -4.75. The fraction of sp³-hybridized carbons (Fsp3) is 0.481. The molecule has 0 aliphatic carbocycles. The Balaban J connectivity index is 1.49. The van der Waals surface area contributed by atoms with Crippen LogP contribution in [0.3, 0.4) is 0 Å². The van der Waals surface area contributed by atoms with Crippen LogP contribution in [0.25, 0.3) is 0 Å². The van der Waals surface area contributed by atoms with Gasteiger partial charge in [0.25, 0.3) is 5.91 Å². The van der Waals surface area contributed by atoms with Gasteiger partial charge in [-0.15, -0.1) is 0 Å². The summed E-state index contributed by atoms with van der Waals surface area (Å²) >= 11 is 0. The molecule has 3 amide bonds. The molecular weight excluding hydrogens is 504 g/mol. The maximum absolute atomic E-state index is 14.3. The Kier molecular flexibility index (Phi) is 7.49. The Labute approximate surface area is 218 Å². The van der Waals surface area contributed by atoms with E-state index in [0.717, 1.165) is 5.56 Å². The number of nitrogens with one attached hydrogen (secondary N) is 1. The lowest BCUT2D eigenvalue weighted by molar-refractivity contribution is -0.138. The summed E-state index contributed by atoms with van der Waals surface area (Å²) in [6, 6.07) is 4.20. The minimum absolute atomic E-state index is 0.00760. The molecule has 3 heterocycles. The number of likely N-dealkylation sites (N-methyl/N-ethyl adjacent to an activating group) is 1. The first-order valence-corrected chi connectivity index (χ1v) is 12.5.